The Kier molecular flexibility index (Phi) is 8.50. The number of carbonyl (C=O) groups is 2. The SMILES string of the molecule is O=C1C(=O)N(c2nnc(SCc3ccc(Cl)cc3)s2)C(c2ccc(OCc3ccccc3)cc2)/C1=C(\O)c1ccncc1. The summed E-state index contributed by atoms with van der Waals surface area (Å²) < 4.78 is 6.56. The number of aromatic nitrogens is 3. The van der Waals surface area contributed by atoms with E-state index in [4.69, 9.17) is 16.3 Å². The summed E-state index contributed by atoms with van der Waals surface area (Å²) in [5.74, 6) is -0.653. The third kappa shape index (κ3) is 6.31. The van der Waals surface area contributed by atoms with Gasteiger partial charge in [-0.1, -0.05) is 89.3 Å². The number of amides is 1. The number of carbonyl (C=O) groups excluding carboxylic acids is 2. The highest BCUT2D eigenvalue weighted by molar-refractivity contribution is 8.00. The van der Waals surface area contributed by atoms with Crippen molar-refractivity contribution in [3.8, 4) is 5.75 Å². The van der Waals surface area contributed by atoms with Crippen LogP contribution in [0.1, 0.15) is 28.3 Å². The van der Waals surface area contributed by atoms with Gasteiger partial charge in [0.05, 0.1) is 11.6 Å². The van der Waals surface area contributed by atoms with Crippen LogP contribution in [-0.4, -0.2) is 32.0 Å². The molecule has 1 saturated heterocycles. The van der Waals surface area contributed by atoms with E-state index in [-0.39, 0.29) is 16.5 Å². The number of hydrogen-bond acceptors (Lipinski definition) is 9. The topological polar surface area (TPSA) is 106 Å². The highest BCUT2D eigenvalue weighted by atomic mass is 35.5. The Morgan fingerprint density at radius 2 is 1.63 bits per heavy atom. The van der Waals surface area contributed by atoms with Gasteiger partial charge in [0, 0.05) is 28.7 Å². The highest BCUT2D eigenvalue weighted by Gasteiger charge is 2.48. The lowest BCUT2D eigenvalue weighted by atomic mass is 9.95. The number of hydrogen-bond donors (Lipinski definition) is 1. The van der Waals surface area contributed by atoms with E-state index < -0.39 is 17.7 Å². The van der Waals surface area contributed by atoms with Crippen molar-refractivity contribution in [2.24, 2.45) is 0 Å². The predicted octanol–water partition coefficient (Wildman–Crippen LogP) is 7.08. The second kappa shape index (κ2) is 12.8. The zero-order chi connectivity index (χ0) is 29.8. The predicted molar refractivity (Wildman–Crippen MR) is 167 cm³/mol. The minimum absolute atomic E-state index is 0.0419. The van der Waals surface area contributed by atoms with Gasteiger partial charge < -0.3 is 9.84 Å². The monoisotopic (exact) mass is 626 g/mol. The summed E-state index contributed by atoms with van der Waals surface area (Å²) >= 11 is 8.66. The molecule has 1 amide bonds. The van der Waals surface area contributed by atoms with Crippen LogP contribution in [0.4, 0.5) is 5.13 Å². The third-order valence-electron chi connectivity index (χ3n) is 6.72. The van der Waals surface area contributed by atoms with Gasteiger partial charge in [-0.3, -0.25) is 19.5 Å². The lowest BCUT2D eigenvalue weighted by molar-refractivity contribution is -0.132. The molecule has 0 saturated carbocycles. The quantitative estimate of drug-likeness (QED) is 0.0608. The first-order chi connectivity index (χ1) is 21.0. The smallest absolute Gasteiger partial charge is 0.301 e. The van der Waals surface area contributed by atoms with Crippen molar-refractivity contribution in [3.63, 3.8) is 0 Å². The number of pyridine rings is 1. The number of aliphatic hydroxyl groups excluding tert-OH is 1. The lowest BCUT2D eigenvalue weighted by Gasteiger charge is -2.22. The Bertz CT molecular complexity index is 1780. The maximum absolute atomic E-state index is 13.5. The number of ether oxygens (including phenoxy) is 1. The first-order valence-corrected chi connectivity index (χ1v) is 15.3. The lowest BCUT2D eigenvalue weighted by Crippen LogP contribution is -2.29. The molecule has 0 aliphatic carbocycles. The van der Waals surface area contributed by atoms with Crippen LogP contribution in [0.25, 0.3) is 5.76 Å². The first kappa shape index (κ1) is 28.6. The number of aliphatic hydroxyl groups is 1. The fourth-order valence-corrected chi connectivity index (χ4v) is 6.53. The Balaban J connectivity index is 1.32. The van der Waals surface area contributed by atoms with Crippen molar-refractivity contribution in [2.45, 2.75) is 22.7 Å². The van der Waals surface area contributed by atoms with Gasteiger partial charge in [0.15, 0.2) is 4.34 Å². The zero-order valence-corrected chi connectivity index (χ0v) is 24.9. The van der Waals surface area contributed by atoms with Crippen molar-refractivity contribution in [2.75, 3.05) is 4.90 Å². The van der Waals surface area contributed by atoms with Crippen molar-refractivity contribution >= 4 is 57.3 Å². The molecule has 5 aromatic rings. The minimum atomic E-state index is -0.932. The molecule has 1 aliphatic rings. The van der Waals surface area contributed by atoms with E-state index in [1.165, 1.54) is 40.4 Å². The Hall–Kier alpha value is -4.51. The van der Waals surface area contributed by atoms with Crippen molar-refractivity contribution in [3.05, 3.63) is 136 Å². The minimum Gasteiger partial charge on any atom is -0.507 e. The average Bonchev–Trinajstić information content (AvgIpc) is 3.62. The van der Waals surface area contributed by atoms with Crippen LogP contribution in [0.5, 0.6) is 5.75 Å². The molecular formula is C32H23ClN4O4S2. The molecule has 1 aliphatic heterocycles. The molecule has 1 N–H and O–H groups in total. The van der Waals surface area contributed by atoms with E-state index in [1.54, 1.807) is 36.4 Å². The Labute approximate surface area is 260 Å². The van der Waals surface area contributed by atoms with E-state index in [1.807, 2.05) is 54.6 Å². The molecule has 0 radical (unpaired) electrons. The molecule has 0 bridgehead atoms. The molecule has 1 fully saturated rings. The summed E-state index contributed by atoms with van der Waals surface area (Å²) in [6, 6.07) is 26.6. The molecule has 3 heterocycles. The van der Waals surface area contributed by atoms with Crippen LogP contribution in [-0.2, 0) is 21.9 Å². The normalized spacial score (nSPS) is 16.0. The summed E-state index contributed by atoms with van der Waals surface area (Å²) in [6.07, 6.45) is 3.02. The van der Waals surface area contributed by atoms with Crippen LogP contribution in [0.3, 0.4) is 0 Å². The maximum atomic E-state index is 13.5. The summed E-state index contributed by atoms with van der Waals surface area (Å²) in [7, 11) is 0. The van der Waals surface area contributed by atoms with Crippen LogP contribution in [0, 0.1) is 0 Å². The molecule has 1 atom stereocenters. The first-order valence-electron chi connectivity index (χ1n) is 13.2. The molecule has 8 nitrogen and oxygen atoms in total. The molecule has 43 heavy (non-hydrogen) atoms. The molecule has 2 aromatic heterocycles. The number of nitrogens with zero attached hydrogens (tertiary/aromatic N) is 4. The fourth-order valence-electron chi connectivity index (χ4n) is 4.58. The number of benzene rings is 3. The highest BCUT2D eigenvalue weighted by Crippen LogP contribution is 2.44. The Morgan fingerprint density at radius 1 is 0.907 bits per heavy atom. The summed E-state index contributed by atoms with van der Waals surface area (Å²) in [6.45, 7) is 0.391. The Morgan fingerprint density at radius 3 is 2.35 bits per heavy atom. The molecule has 0 spiro atoms. The summed E-state index contributed by atoms with van der Waals surface area (Å²) in [4.78, 5) is 32.2. The standard InChI is InChI=1S/C32H23ClN4O4S2/c33-24-10-6-21(7-11-24)19-42-32-36-35-31(43-32)37-27(26(29(39)30(37)40)28(38)23-14-16-34-17-15-23)22-8-12-25(13-9-22)41-18-20-4-2-1-3-5-20/h1-17,27,38H,18-19H2/b28-26+. The summed E-state index contributed by atoms with van der Waals surface area (Å²) in [5, 5.41) is 20.7. The molecule has 3 aromatic carbocycles. The zero-order valence-electron chi connectivity index (χ0n) is 22.5. The number of rotatable bonds is 9. The third-order valence-corrected chi connectivity index (χ3v) is 9.10. The molecule has 1 unspecified atom stereocenters. The van der Waals surface area contributed by atoms with Gasteiger partial charge in [-0.15, -0.1) is 10.2 Å². The van der Waals surface area contributed by atoms with Gasteiger partial charge in [-0.05, 0) is 53.1 Å². The van der Waals surface area contributed by atoms with Crippen molar-refractivity contribution in [1.29, 1.82) is 0 Å². The fraction of sp³-hybridized carbons (Fsp3) is 0.0938. The number of Topliss-reactive ketones (excluding diaryl/α,β-unsaturated/α-hetero) is 1. The van der Waals surface area contributed by atoms with E-state index in [0.717, 1.165) is 11.1 Å². The van der Waals surface area contributed by atoms with Gasteiger partial charge in [0.1, 0.15) is 18.1 Å². The molecular weight excluding hydrogens is 604 g/mol. The number of halogens is 1. The maximum Gasteiger partial charge on any atom is 0.301 e. The average molecular weight is 627 g/mol. The molecule has 214 valence electrons. The molecule has 11 heteroatoms. The van der Waals surface area contributed by atoms with Crippen LogP contribution in [0.15, 0.2) is 113 Å². The van der Waals surface area contributed by atoms with Gasteiger partial charge >= 0.3 is 5.91 Å². The second-order valence-corrected chi connectivity index (χ2v) is 12.1. The summed E-state index contributed by atoms with van der Waals surface area (Å²) in [5.41, 5.74) is 3.01. The molecule has 6 rings (SSSR count). The number of ketones is 1. The van der Waals surface area contributed by atoms with Gasteiger partial charge in [-0.2, -0.15) is 0 Å². The van der Waals surface area contributed by atoms with Gasteiger partial charge in [0.2, 0.25) is 5.13 Å². The van der Waals surface area contributed by atoms with Crippen LogP contribution >= 0.6 is 34.7 Å². The largest absolute Gasteiger partial charge is 0.507 e. The van der Waals surface area contributed by atoms with Crippen molar-refractivity contribution in [1.82, 2.24) is 15.2 Å². The van der Waals surface area contributed by atoms with Crippen LogP contribution in [0.2, 0.25) is 5.02 Å². The number of thioether (sulfide) groups is 1. The van der Waals surface area contributed by atoms with Gasteiger partial charge in [-0.25, -0.2) is 0 Å². The van der Waals surface area contributed by atoms with E-state index in [0.29, 0.717) is 38.6 Å². The van der Waals surface area contributed by atoms with Crippen molar-refractivity contribution < 1.29 is 19.4 Å². The second-order valence-electron chi connectivity index (χ2n) is 9.51. The van der Waals surface area contributed by atoms with Crippen LogP contribution < -0.4 is 9.64 Å². The van der Waals surface area contributed by atoms with E-state index in [9.17, 15) is 14.7 Å². The van der Waals surface area contributed by atoms with Gasteiger partial charge in [0.25, 0.3) is 5.78 Å². The number of anilines is 1. The van der Waals surface area contributed by atoms with E-state index >= 15 is 0 Å². The van der Waals surface area contributed by atoms with E-state index in [2.05, 4.69) is 15.2 Å².